The summed E-state index contributed by atoms with van der Waals surface area (Å²) in [6.45, 7) is 1.64. The van der Waals surface area contributed by atoms with Crippen LogP contribution >= 0.6 is 11.3 Å². The summed E-state index contributed by atoms with van der Waals surface area (Å²) in [5.41, 5.74) is 4.12. The molecule has 0 aliphatic heterocycles. The summed E-state index contributed by atoms with van der Waals surface area (Å²) in [6, 6.07) is 10.6. The van der Waals surface area contributed by atoms with Crippen LogP contribution in [-0.2, 0) is 19.4 Å². The lowest BCUT2D eigenvalue weighted by Gasteiger charge is -2.24. The van der Waals surface area contributed by atoms with Gasteiger partial charge in [-0.2, -0.15) is 0 Å². The molecule has 1 aromatic carbocycles. The number of aryl methyl sites for hydroxylation is 1. The number of rotatable bonds is 6. The zero-order chi connectivity index (χ0) is 20.3. The number of fused-ring (bicyclic) bond motifs is 3. The van der Waals surface area contributed by atoms with Crippen LogP contribution < -0.4 is 10.9 Å². The van der Waals surface area contributed by atoms with Gasteiger partial charge >= 0.3 is 0 Å². The SMILES string of the molecule is O=c1c2c3c(sc2ncn1Cc1ccccc1)CC(NCCC1=CCCCC1)CC3. The first kappa shape index (κ1) is 19.7. The van der Waals surface area contributed by atoms with Crippen LogP contribution in [0.1, 0.15) is 54.5 Å². The number of aromatic nitrogens is 2. The second-order valence-corrected chi connectivity index (χ2v) is 9.68. The molecule has 0 amide bonds. The van der Waals surface area contributed by atoms with E-state index in [0.29, 0.717) is 12.6 Å². The third-order valence-electron chi connectivity index (χ3n) is 6.50. The Hall–Kier alpha value is -2.24. The lowest BCUT2D eigenvalue weighted by atomic mass is 9.92. The van der Waals surface area contributed by atoms with Crippen molar-refractivity contribution in [1.82, 2.24) is 14.9 Å². The zero-order valence-electron chi connectivity index (χ0n) is 17.4. The van der Waals surface area contributed by atoms with Crippen molar-refractivity contribution in [2.75, 3.05) is 6.54 Å². The summed E-state index contributed by atoms with van der Waals surface area (Å²) < 4.78 is 1.76. The van der Waals surface area contributed by atoms with Crippen molar-refractivity contribution in [2.24, 2.45) is 0 Å². The molecule has 0 fully saturated rings. The minimum absolute atomic E-state index is 0.108. The molecule has 3 aromatic rings. The molecule has 2 aromatic heterocycles. The summed E-state index contributed by atoms with van der Waals surface area (Å²) in [5.74, 6) is 0. The Labute approximate surface area is 181 Å². The Balaban J connectivity index is 1.30. The Morgan fingerprint density at radius 3 is 2.90 bits per heavy atom. The maximum Gasteiger partial charge on any atom is 0.262 e. The molecule has 30 heavy (non-hydrogen) atoms. The monoisotopic (exact) mass is 419 g/mol. The van der Waals surface area contributed by atoms with Gasteiger partial charge < -0.3 is 5.32 Å². The number of thiophene rings is 1. The van der Waals surface area contributed by atoms with E-state index in [0.717, 1.165) is 41.6 Å². The Bertz CT molecular complexity index is 1110. The standard InChI is InChI=1S/C25H29N3OS/c29-25-23-21-12-11-20(26-14-13-18-7-3-1-4-8-18)15-22(21)30-24(23)27-17-28(25)16-19-9-5-2-6-10-19/h2,5-7,9-10,17,20,26H,1,3-4,8,11-16H2. The molecule has 1 unspecified atom stereocenters. The van der Waals surface area contributed by atoms with Gasteiger partial charge in [-0.1, -0.05) is 42.0 Å². The van der Waals surface area contributed by atoms with Crippen molar-refractivity contribution < 1.29 is 0 Å². The highest BCUT2D eigenvalue weighted by molar-refractivity contribution is 7.18. The number of nitrogens with one attached hydrogen (secondary N) is 1. The molecule has 0 spiro atoms. The number of allylic oxidation sites excluding steroid dienone is 1. The predicted octanol–water partition coefficient (Wildman–Crippen LogP) is 4.84. The fraction of sp³-hybridized carbons (Fsp3) is 0.440. The van der Waals surface area contributed by atoms with Gasteiger partial charge in [-0.3, -0.25) is 9.36 Å². The van der Waals surface area contributed by atoms with E-state index in [1.165, 1.54) is 42.5 Å². The smallest absolute Gasteiger partial charge is 0.262 e. The molecular formula is C25H29N3OS. The van der Waals surface area contributed by atoms with Crippen molar-refractivity contribution in [3.63, 3.8) is 0 Å². The van der Waals surface area contributed by atoms with Gasteiger partial charge in [-0.25, -0.2) is 4.98 Å². The van der Waals surface area contributed by atoms with E-state index in [2.05, 4.69) is 28.5 Å². The maximum absolute atomic E-state index is 13.2. The normalized spacial score (nSPS) is 18.9. The van der Waals surface area contributed by atoms with Crippen LogP contribution in [0.4, 0.5) is 0 Å². The average Bonchev–Trinajstić information content (AvgIpc) is 3.16. The third kappa shape index (κ3) is 4.14. The summed E-state index contributed by atoms with van der Waals surface area (Å²) in [4.78, 5) is 20.1. The van der Waals surface area contributed by atoms with E-state index in [4.69, 9.17) is 0 Å². The third-order valence-corrected chi connectivity index (χ3v) is 7.66. The van der Waals surface area contributed by atoms with Crippen LogP contribution in [0.5, 0.6) is 0 Å². The summed E-state index contributed by atoms with van der Waals surface area (Å²) in [6.07, 6.45) is 13.7. The second-order valence-electron chi connectivity index (χ2n) is 8.60. The molecule has 1 atom stereocenters. The van der Waals surface area contributed by atoms with Gasteiger partial charge in [0.15, 0.2) is 0 Å². The van der Waals surface area contributed by atoms with Gasteiger partial charge in [0.2, 0.25) is 0 Å². The second kappa shape index (κ2) is 8.86. The highest BCUT2D eigenvalue weighted by atomic mass is 32.1. The molecule has 2 aliphatic rings. The van der Waals surface area contributed by atoms with E-state index in [9.17, 15) is 4.79 Å². The molecule has 4 nitrogen and oxygen atoms in total. The summed E-state index contributed by atoms with van der Waals surface area (Å²) in [7, 11) is 0. The van der Waals surface area contributed by atoms with Gasteiger partial charge in [-0.15, -0.1) is 11.3 Å². The number of hydrogen-bond donors (Lipinski definition) is 1. The molecule has 1 N–H and O–H groups in total. The fourth-order valence-electron chi connectivity index (χ4n) is 4.84. The lowest BCUT2D eigenvalue weighted by Crippen LogP contribution is -2.35. The van der Waals surface area contributed by atoms with Gasteiger partial charge in [0.25, 0.3) is 5.56 Å². The Kier molecular flexibility index (Phi) is 5.82. The zero-order valence-corrected chi connectivity index (χ0v) is 18.2. The molecule has 0 bridgehead atoms. The van der Waals surface area contributed by atoms with Crippen molar-refractivity contribution in [1.29, 1.82) is 0 Å². The predicted molar refractivity (Wildman–Crippen MR) is 124 cm³/mol. The minimum Gasteiger partial charge on any atom is -0.313 e. The van der Waals surface area contributed by atoms with Crippen LogP contribution in [0, 0.1) is 0 Å². The molecular weight excluding hydrogens is 390 g/mol. The van der Waals surface area contributed by atoms with Crippen LogP contribution in [0.25, 0.3) is 10.2 Å². The fourth-order valence-corrected chi connectivity index (χ4v) is 6.09. The van der Waals surface area contributed by atoms with Crippen molar-refractivity contribution in [3.8, 4) is 0 Å². The van der Waals surface area contributed by atoms with Crippen molar-refractivity contribution in [3.05, 3.63) is 74.7 Å². The van der Waals surface area contributed by atoms with E-state index >= 15 is 0 Å². The van der Waals surface area contributed by atoms with E-state index in [1.807, 2.05) is 18.2 Å². The average molecular weight is 420 g/mol. The summed E-state index contributed by atoms with van der Waals surface area (Å²) in [5, 5.41) is 4.64. The molecule has 0 radical (unpaired) electrons. The molecule has 5 rings (SSSR count). The van der Waals surface area contributed by atoms with E-state index in [1.54, 1.807) is 27.8 Å². The van der Waals surface area contributed by atoms with Crippen LogP contribution in [-0.4, -0.2) is 22.1 Å². The van der Waals surface area contributed by atoms with Gasteiger partial charge in [0.1, 0.15) is 4.83 Å². The molecule has 156 valence electrons. The lowest BCUT2D eigenvalue weighted by molar-refractivity contribution is 0.463. The Morgan fingerprint density at radius 1 is 1.17 bits per heavy atom. The maximum atomic E-state index is 13.2. The Morgan fingerprint density at radius 2 is 2.07 bits per heavy atom. The minimum atomic E-state index is 0.108. The van der Waals surface area contributed by atoms with Crippen LogP contribution in [0.2, 0.25) is 0 Å². The first-order chi connectivity index (χ1) is 14.8. The first-order valence-electron chi connectivity index (χ1n) is 11.2. The highest BCUT2D eigenvalue weighted by Crippen LogP contribution is 2.33. The molecule has 2 aliphatic carbocycles. The molecule has 0 saturated carbocycles. The first-order valence-corrected chi connectivity index (χ1v) is 12.0. The molecule has 5 heteroatoms. The van der Waals surface area contributed by atoms with Crippen molar-refractivity contribution >= 4 is 21.6 Å². The molecule has 2 heterocycles. The van der Waals surface area contributed by atoms with E-state index < -0.39 is 0 Å². The largest absolute Gasteiger partial charge is 0.313 e. The van der Waals surface area contributed by atoms with Crippen molar-refractivity contribution in [2.45, 2.75) is 64.0 Å². The quantitative estimate of drug-likeness (QED) is 0.582. The van der Waals surface area contributed by atoms with Crippen LogP contribution in [0.15, 0.2) is 53.1 Å². The summed E-state index contributed by atoms with van der Waals surface area (Å²) >= 11 is 1.72. The number of nitrogens with zero attached hydrogens (tertiary/aromatic N) is 2. The topological polar surface area (TPSA) is 46.9 Å². The van der Waals surface area contributed by atoms with Crippen LogP contribution in [0.3, 0.4) is 0 Å². The van der Waals surface area contributed by atoms with Gasteiger partial charge in [0.05, 0.1) is 18.3 Å². The molecule has 0 saturated heterocycles. The van der Waals surface area contributed by atoms with E-state index in [-0.39, 0.29) is 5.56 Å². The number of benzene rings is 1. The van der Waals surface area contributed by atoms with Gasteiger partial charge in [-0.05, 0) is 69.0 Å². The number of hydrogen-bond acceptors (Lipinski definition) is 4. The highest BCUT2D eigenvalue weighted by Gasteiger charge is 2.25. The van der Waals surface area contributed by atoms with Gasteiger partial charge in [0, 0.05) is 10.9 Å².